The van der Waals surface area contributed by atoms with E-state index in [1.54, 1.807) is 13.0 Å². The van der Waals surface area contributed by atoms with Gasteiger partial charge in [-0.05, 0) is 82.3 Å². The molecule has 7 rings (SSSR count). The molecule has 2 unspecified atom stereocenters. The van der Waals surface area contributed by atoms with Crippen LogP contribution in [0.25, 0.3) is 11.0 Å². The highest BCUT2D eigenvalue weighted by atomic mass is 19.1. The van der Waals surface area contributed by atoms with Crippen molar-refractivity contribution in [3.63, 3.8) is 0 Å². The maximum Gasteiger partial charge on any atom is 0.410 e. The molecule has 4 aliphatic carbocycles. The highest BCUT2D eigenvalue weighted by molar-refractivity contribution is 5.83. The molecule has 32 heavy (non-hydrogen) atoms. The molecule has 4 bridgehead atoms. The molecule has 1 aliphatic heterocycles. The number of nitrogens with zero attached hydrogens (tertiary/aromatic N) is 3. The van der Waals surface area contributed by atoms with Crippen molar-refractivity contribution in [3.8, 4) is 0 Å². The van der Waals surface area contributed by atoms with E-state index in [0.717, 1.165) is 49.9 Å². The number of likely N-dealkylation sites (tertiary alicyclic amines) is 1. The molecule has 170 valence electrons. The number of rotatable bonds is 3. The van der Waals surface area contributed by atoms with E-state index in [9.17, 15) is 14.0 Å². The number of aromatic nitrogens is 2. The van der Waals surface area contributed by atoms with Crippen molar-refractivity contribution in [3.05, 3.63) is 29.8 Å². The predicted molar refractivity (Wildman–Crippen MR) is 117 cm³/mol. The first-order valence-corrected chi connectivity index (χ1v) is 11.9. The van der Waals surface area contributed by atoms with Gasteiger partial charge in [0, 0.05) is 24.6 Å². The highest BCUT2D eigenvalue weighted by Gasteiger charge is 2.58. The van der Waals surface area contributed by atoms with Crippen LogP contribution in [-0.4, -0.2) is 45.5 Å². The summed E-state index contributed by atoms with van der Waals surface area (Å²) in [7, 11) is 0. The van der Waals surface area contributed by atoms with E-state index < -0.39 is 0 Å². The number of amides is 1. The predicted octanol–water partition coefficient (Wildman–Crippen LogP) is 4.65. The SMILES string of the molecule is CC(=O)C12CC3CC(C1)C(OC(=O)N1CC[C@H](n4c(C)nc5cc(F)ccc54)C1)C(C3)C2. The maximum atomic E-state index is 13.6. The van der Waals surface area contributed by atoms with E-state index >= 15 is 0 Å². The zero-order valence-corrected chi connectivity index (χ0v) is 18.7. The smallest absolute Gasteiger partial charge is 0.410 e. The van der Waals surface area contributed by atoms with Gasteiger partial charge in [-0.1, -0.05) is 0 Å². The Balaban J connectivity index is 1.16. The summed E-state index contributed by atoms with van der Waals surface area (Å²) in [6, 6.07) is 4.80. The number of benzene rings is 1. The monoisotopic (exact) mass is 439 g/mol. The first-order valence-electron chi connectivity index (χ1n) is 11.9. The molecule has 5 aliphatic rings. The van der Waals surface area contributed by atoms with Crippen molar-refractivity contribution < 1.29 is 18.7 Å². The summed E-state index contributed by atoms with van der Waals surface area (Å²) in [5.41, 5.74) is 1.40. The molecule has 2 aromatic rings. The van der Waals surface area contributed by atoms with Crippen LogP contribution in [0.4, 0.5) is 9.18 Å². The number of fused-ring (bicyclic) bond motifs is 1. The lowest BCUT2D eigenvalue weighted by atomic mass is 9.47. The molecular formula is C25H30FN3O3. The number of halogens is 1. The third kappa shape index (κ3) is 3.00. The molecular weight excluding hydrogens is 409 g/mol. The Kier molecular flexibility index (Phi) is 4.43. The Labute approximate surface area is 187 Å². The fourth-order valence-corrected chi connectivity index (χ4v) is 7.56. The summed E-state index contributed by atoms with van der Waals surface area (Å²) in [6.07, 6.45) is 5.52. The third-order valence-electron chi connectivity index (χ3n) is 8.79. The topological polar surface area (TPSA) is 64.4 Å². The first kappa shape index (κ1) is 20.2. The van der Waals surface area contributed by atoms with Crippen LogP contribution in [-0.2, 0) is 9.53 Å². The van der Waals surface area contributed by atoms with E-state index in [4.69, 9.17) is 4.74 Å². The molecule has 3 atom stereocenters. The van der Waals surface area contributed by atoms with Crippen LogP contribution in [0.3, 0.4) is 0 Å². The van der Waals surface area contributed by atoms with Crippen LogP contribution in [0.1, 0.15) is 57.3 Å². The molecule has 1 aromatic carbocycles. The minimum Gasteiger partial charge on any atom is -0.446 e. The quantitative estimate of drug-likeness (QED) is 0.698. The molecule has 1 amide bonds. The molecule has 1 saturated heterocycles. The van der Waals surface area contributed by atoms with E-state index in [0.29, 0.717) is 42.1 Å². The number of hydrogen-bond donors (Lipinski definition) is 0. The number of imidazole rings is 1. The largest absolute Gasteiger partial charge is 0.446 e. The van der Waals surface area contributed by atoms with Gasteiger partial charge in [0.25, 0.3) is 0 Å². The second kappa shape index (κ2) is 7.03. The number of carbonyl (C=O) groups is 2. The van der Waals surface area contributed by atoms with Crippen LogP contribution in [0.5, 0.6) is 0 Å². The molecule has 6 nitrogen and oxygen atoms in total. The summed E-state index contributed by atoms with van der Waals surface area (Å²) < 4.78 is 21.9. The second-order valence-corrected chi connectivity index (χ2v) is 10.7. The zero-order chi connectivity index (χ0) is 22.2. The van der Waals surface area contributed by atoms with Crippen LogP contribution >= 0.6 is 0 Å². The van der Waals surface area contributed by atoms with Gasteiger partial charge in [-0.3, -0.25) is 4.79 Å². The molecule has 0 N–H and O–H groups in total. The van der Waals surface area contributed by atoms with Gasteiger partial charge in [-0.2, -0.15) is 0 Å². The van der Waals surface area contributed by atoms with E-state index in [1.165, 1.54) is 12.1 Å². The normalized spacial score (nSPS) is 35.6. The van der Waals surface area contributed by atoms with Crippen LogP contribution in [0, 0.1) is 35.9 Å². The van der Waals surface area contributed by atoms with Crippen molar-refractivity contribution >= 4 is 22.9 Å². The zero-order valence-electron chi connectivity index (χ0n) is 18.7. The number of carbonyl (C=O) groups excluding carboxylic acids is 2. The van der Waals surface area contributed by atoms with Crippen molar-refractivity contribution in [1.29, 1.82) is 0 Å². The summed E-state index contributed by atoms with van der Waals surface area (Å²) in [5, 5.41) is 0. The highest BCUT2D eigenvalue weighted by Crippen LogP contribution is 2.61. The molecule has 0 spiro atoms. The number of ketones is 1. The van der Waals surface area contributed by atoms with Gasteiger partial charge in [0.05, 0.1) is 17.1 Å². The minimum absolute atomic E-state index is 0.0515. The molecule has 4 saturated carbocycles. The van der Waals surface area contributed by atoms with Crippen LogP contribution in [0.15, 0.2) is 18.2 Å². The number of hydrogen-bond acceptors (Lipinski definition) is 4. The fraction of sp³-hybridized carbons (Fsp3) is 0.640. The number of aryl methyl sites for hydroxylation is 1. The molecule has 2 heterocycles. The van der Waals surface area contributed by atoms with Gasteiger partial charge in [0.15, 0.2) is 0 Å². The molecule has 7 heteroatoms. The molecule has 5 fully saturated rings. The van der Waals surface area contributed by atoms with E-state index in [-0.39, 0.29) is 29.5 Å². The van der Waals surface area contributed by atoms with Crippen molar-refractivity contribution in [2.75, 3.05) is 13.1 Å². The lowest BCUT2D eigenvalue weighted by Gasteiger charge is -2.58. The molecule has 1 aromatic heterocycles. The summed E-state index contributed by atoms with van der Waals surface area (Å²) in [6.45, 7) is 4.89. The average molecular weight is 440 g/mol. The number of ether oxygens (including phenoxy) is 1. The van der Waals surface area contributed by atoms with Gasteiger partial charge in [-0.15, -0.1) is 0 Å². The van der Waals surface area contributed by atoms with Crippen molar-refractivity contribution in [2.45, 2.75) is 64.5 Å². The van der Waals surface area contributed by atoms with Crippen LogP contribution < -0.4 is 0 Å². The van der Waals surface area contributed by atoms with Gasteiger partial charge in [0.1, 0.15) is 23.5 Å². The Hall–Kier alpha value is -2.44. The summed E-state index contributed by atoms with van der Waals surface area (Å²) in [5.74, 6) is 2.13. The van der Waals surface area contributed by atoms with Gasteiger partial charge >= 0.3 is 6.09 Å². The maximum absolute atomic E-state index is 13.6. The lowest BCUT2D eigenvalue weighted by Crippen LogP contribution is -2.57. The van der Waals surface area contributed by atoms with E-state index in [1.807, 2.05) is 11.8 Å². The lowest BCUT2D eigenvalue weighted by molar-refractivity contribution is -0.160. The van der Waals surface area contributed by atoms with Gasteiger partial charge in [0.2, 0.25) is 0 Å². The Morgan fingerprint density at radius 2 is 1.94 bits per heavy atom. The van der Waals surface area contributed by atoms with Gasteiger partial charge in [-0.25, -0.2) is 14.2 Å². The molecule has 0 radical (unpaired) electrons. The van der Waals surface area contributed by atoms with Gasteiger partial charge < -0.3 is 14.2 Å². The minimum atomic E-state index is -0.291. The standard InChI is InChI=1S/C25H30FN3O3/c1-14(30)25-10-16-7-17(11-25)23(18(8-16)12-25)32-24(31)28-6-5-20(13-28)29-15(2)27-21-9-19(26)3-4-22(21)29/h3-4,9,16-18,20,23H,5-8,10-13H2,1-2H3/t16?,17?,18?,20-,23?,25?/m0/s1. The first-order chi connectivity index (χ1) is 15.3. The number of Topliss-reactive ketones (excluding diaryl/α,β-unsaturated/α-hetero) is 1. The van der Waals surface area contributed by atoms with E-state index in [2.05, 4.69) is 9.55 Å². The Morgan fingerprint density at radius 3 is 2.66 bits per heavy atom. The second-order valence-electron chi connectivity index (χ2n) is 10.7. The third-order valence-corrected chi connectivity index (χ3v) is 8.79. The Morgan fingerprint density at radius 1 is 1.19 bits per heavy atom. The Bertz CT molecular complexity index is 1100. The van der Waals surface area contributed by atoms with Crippen LogP contribution in [0.2, 0.25) is 0 Å². The summed E-state index contributed by atoms with van der Waals surface area (Å²) >= 11 is 0. The fourth-order valence-electron chi connectivity index (χ4n) is 7.56. The van der Waals surface area contributed by atoms with Crippen molar-refractivity contribution in [2.24, 2.45) is 23.2 Å². The van der Waals surface area contributed by atoms with Crippen molar-refractivity contribution in [1.82, 2.24) is 14.5 Å². The summed E-state index contributed by atoms with van der Waals surface area (Å²) in [4.78, 5) is 31.8. The average Bonchev–Trinajstić information content (AvgIpc) is 3.33.